The van der Waals surface area contributed by atoms with E-state index in [1.54, 1.807) is 18.3 Å². The minimum Gasteiger partial charge on any atom is -0.295 e. The average molecular weight is 379 g/mol. The molecule has 4 aliphatic carbocycles. The summed E-state index contributed by atoms with van der Waals surface area (Å²) in [5.41, 5.74) is 2.65. The van der Waals surface area contributed by atoms with Crippen LogP contribution in [0.25, 0.3) is 5.57 Å². The topological polar surface area (TPSA) is 47.0 Å². The third-order valence-electron chi connectivity index (χ3n) is 8.39. The lowest BCUT2D eigenvalue weighted by molar-refractivity contribution is -0.129. The Morgan fingerprint density at radius 2 is 1.86 bits per heavy atom. The maximum absolute atomic E-state index is 13.8. The van der Waals surface area contributed by atoms with Gasteiger partial charge in [0.05, 0.1) is 6.20 Å². The molecule has 5 atom stereocenters. The van der Waals surface area contributed by atoms with Crippen LogP contribution in [0.3, 0.4) is 0 Å². The van der Waals surface area contributed by atoms with E-state index in [1.807, 2.05) is 0 Å². The standard InChI is InChI=1S/C24H26FNO2/c1-23-8-6-20-17(11-22(28)21-10-16(27)5-7-24(20,21)2)19(23)4-3-18(23)14-9-15(25)13-26-12-14/h3,9-10,12-13,17,19-20H,4-8,11H2,1-2H3/t17-,19-,20-,23+,24+/m0/s1. The van der Waals surface area contributed by atoms with Gasteiger partial charge in [0, 0.05) is 24.6 Å². The maximum Gasteiger partial charge on any atom is 0.159 e. The Bertz CT molecular complexity index is 948. The van der Waals surface area contributed by atoms with E-state index in [0.717, 1.165) is 36.8 Å². The van der Waals surface area contributed by atoms with Crippen LogP contribution in [0.5, 0.6) is 0 Å². The summed E-state index contributed by atoms with van der Waals surface area (Å²) in [5.74, 6) is 1.13. The van der Waals surface area contributed by atoms with Crippen molar-refractivity contribution in [3.8, 4) is 0 Å². The number of ketones is 2. The molecule has 5 rings (SSSR count). The molecule has 146 valence electrons. The number of halogens is 1. The molecule has 0 radical (unpaired) electrons. The quantitative estimate of drug-likeness (QED) is 0.695. The Hall–Kier alpha value is -2.10. The van der Waals surface area contributed by atoms with E-state index in [2.05, 4.69) is 24.9 Å². The molecular weight excluding hydrogens is 353 g/mol. The summed E-state index contributed by atoms with van der Waals surface area (Å²) in [6.45, 7) is 4.50. The van der Waals surface area contributed by atoms with E-state index < -0.39 is 0 Å². The van der Waals surface area contributed by atoms with E-state index in [-0.39, 0.29) is 28.2 Å². The second-order valence-corrected chi connectivity index (χ2v) is 9.65. The zero-order valence-corrected chi connectivity index (χ0v) is 16.5. The molecule has 0 saturated heterocycles. The third kappa shape index (κ3) is 2.36. The molecule has 28 heavy (non-hydrogen) atoms. The van der Waals surface area contributed by atoms with Crippen molar-refractivity contribution in [1.82, 2.24) is 4.98 Å². The summed E-state index contributed by atoms with van der Waals surface area (Å²) in [6, 6.07) is 1.58. The van der Waals surface area contributed by atoms with Gasteiger partial charge in [0.1, 0.15) is 5.82 Å². The smallest absolute Gasteiger partial charge is 0.159 e. The second kappa shape index (κ2) is 5.95. The Labute approximate surface area is 165 Å². The maximum atomic E-state index is 13.8. The van der Waals surface area contributed by atoms with Crippen LogP contribution in [0.4, 0.5) is 4.39 Å². The number of hydrogen-bond donors (Lipinski definition) is 0. The molecular formula is C24H26FNO2. The van der Waals surface area contributed by atoms with E-state index in [0.29, 0.717) is 30.6 Å². The highest BCUT2D eigenvalue weighted by atomic mass is 19.1. The van der Waals surface area contributed by atoms with E-state index in [9.17, 15) is 14.0 Å². The predicted molar refractivity (Wildman–Crippen MR) is 105 cm³/mol. The molecule has 0 amide bonds. The lowest BCUT2D eigenvalue weighted by atomic mass is 9.46. The first-order valence-corrected chi connectivity index (χ1v) is 10.4. The van der Waals surface area contributed by atoms with Crippen molar-refractivity contribution in [3.05, 3.63) is 47.6 Å². The molecule has 4 aliphatic rings. The zero-order chi connectivity index (χ0) is 19.7. The van der Waals surface area contributed by atoms with Crippen LogP contribution in [0, 0.1) is 34.4 Å². The molecule has 0 unspecified atom stereocenters. The molecule has 2 fully saturated rings. The van der Waals surface area contributed by atoms with Crippen molar-refractivity contribution < 1.29 is 14.0 Å². The van der Waals surface area contributed by atoms with Crippen LogP contribution >= 0.6 is 0 Å². The Morgan fingerprint density at radius 1 is 1.07 bits per heavy atom. The Morgan fingerprint density at radius 3 is 2.64 bits per heavy atom. The van der Waals surface area contributed by atoms with Crippen molar-refractivity contribution in [2.45, 2.75) is 52.4 Å². The highest BCUT2D eigenvalue weighted by Gasteiger charge is 2.59. The number of Topliss-reactive ketones (excluding diaryl/α,β-unsaturated/α-hetero) is 1. The van der Waals surface area contributed by atoms with Crippen molar-refractivity contribution >= 4 is 17.1 Å². The van der Waals surface area contributed by atoms with Gasteiger partial charge in [0.15, 0.2) is 11.6 Å². The zero-order valence-electron chi connectivity index (χ0n) is 16.5. The molecule has 0 aliphatic heterocycles. The monoisotopic (exact) mass is 379 g/mol. The molecule has 1 aromatic rings. The first-order valence-electron chi connectivity index (χ1n) is 10.4. The first-order chi connectivity index (χ1) is 13.3. The number of fused-ring (bicyclic) bond motifs is 5. The Kier molecular flexibility index (Phi) is 3.82. The normalized spacial score (nSPS) is 39.6. The largest absolute Gasteiger partial charge is 0.295 e. The van der Waals surface area contributed by atoms with E-state index in [4.69, 9.17) is 0 Å². The molecule has 1 aromatic heterocycles. The SMILES string of the molecule is C[C@]12CCC(=O)C=C1C(=O)C[C@@H]1[C@@H]2CC[C@]2(C)C(c3cncc(F)c3)=CC[C@@H]12. The molecule has 4 heteroatoms. The summed E-state index contributed by atoms with van der Waals surface area (Å²) in [4.78, 5) is 29.0. The van der Waals surface area contributed by atoms with Gasteiger partial charge < -0.3 is 0 Å². The molecule has 0 bridgehead atoms. The fraction of sp³-hybridized carbons (Fsp3) is 0.542. The molecule has 0 aromatic carbocycles. The highest BCUT2D eigenvalue weighted by molar-refractivity contribution is 6.05. The first kappa shape index (κ1) is 18.0. The summed E-state index contributed by atoms with van der Waals surface area (Å²) >= 11 is 0. The van der Waals surface area contributed by atoms with Crippen molar-refractivity contribution in [2.75, 3.05) is 0 Å². The Balaban J connectivity index is 1.51. The molecule has 1 heterocycles. The van der Waals surface area contributed by atoms with Crippen molar-refractivity contribution in [1.29, 1.82) is 0 Å². The van der Waals surface area contributed by atoms with Gasteiger partial charge in [-0.15, -0.1) is 0 Å². The second-order valence-electron chi connectivity index (χ2n) is 9.65. The van der Waals surface area contributed by atoms with E-state index in [1.165, 1.54) is 11.8 Å². The van der Waals surface area contributed by atoms with Crippen molar-refractivity contribution in [3.63, 3.8) is 0 Å². The lowest BCUT2D eigenvalue weighted by Crippen LogP contribution is -2.52. The van der Waals surface area contributed by atoms with Gasteiger partial charge in [0.2, 0.25) is 0 Å². The summed E-state index contributed by atoms with van der Waals surface area (Å²) in [7, 11) is 0. The number of carbonyl (C=O) groups excluding carboxylic acids is 2. The van der Waals surface area contributed by atoms with Crippen LogP contribution in [-0.4, -0.2) is 16.6 Å². The van der Waals surface area contributed by atoms with Crippen molar-refractivity contribution in [2.24, 2.45) is 28.6 Å². The minimum atomic E-state index is -0.304. The van der Waals surface area contributed by atoms with Gasteiger partial charge in [-0.05, 0) is 77.5 Å². The lowest BCUT2D eigenvalue weighted by Gasteiger charge is -2.57. The van der Waals surface area contributed by atoms with Gasteiger partial charge in [0.25, 0.3) is 0 Å². The molecule has 0 spiro atoms. The molecule has 2 saturated carbocycles. The van der Waals surface area contributed by atoms with Gasteiger partial charge in [-0.25, -0.2) is 4.39 Å². The molecule has 3 nitrogen and oxygen atoms in total. The third-order valence-corrected chi connectivity index (χ3v) is 8.39. The average Bonchev–Trinajstić information content (AvgIpc) is 3.01. The number of carbonyl (C=O) groups is 2. The van der Waals surface area contributed by atoms with Gasteiger partial charge in [-0.3, -0.25) is 14.6 Å². The summed E-state index contributed by atoms with van der Waals surface area (Å²) in [5, 5.41) is 0. The van der Waals surface area contributed by atoms with E-state index >= 15 is 0 Å². The number of allylic oxidation sites excluding steroid dienone is 4. The number of hydrogen-bond acceptors (Lipinski definition) is 3. The fourth-order valence-electron chi connectivity index (χ4n) is 6.96. The number of nitrogens with zero attached hydrogens (tertiary/aromatic N) is 1. The van der Waals surface area contributed by atoms with Crippen LogP contribution in [0.2, 0.25) is 0 Å². The molecule has 0 N–H and O–H groups in total. The predicted octanol–water partition coefficient (Wildman–Crippen LogP) is 4.92. The van der Waals surface area contributed by atoms with Gasteiger partial charge >= 0.3 is 0 Å². The van der Waals surface area contributed by atoms with Crippen LogP contribution in [0.15, 0.2) is 36.2 Å². The summed E-state index contributed by atoms with van der Waals surface area (Å²) in [6.07, 6.45) is 11.8. The van der Waals surface area contributed by atoms with Crippen LogP contribution < -0.4 is 0 Å². The minimum absolute atomic E-state index is 0.0427. The highest BCUT2D eigenvalue weighted by Crippen LogP contribution is 2.66. The number of aromatic nitrogens is 1. The number of rotatable bonds is 1. The van der Waals surface area contributed by atoms with Gasteiger partial charge in [-0.2, -0.15) is 0 Å². The van der Waals surface area contributed by atoms with Crippen LogP contribution in [-0.2, 0) is 9.59 Å². The van der Waals surface area contributed by atoms with Crippen LogP contribution in [0.1, 0.15) is 57.9 Å². The summed E-state index contributed by atoms with van der Waals surface area (Å²) < 4.78 is 13.8. The van der Waals surface area contributed by atoms with Gasteiger partial charge in [-0.1, -0.05) is 19.9 Å². The fourth-order valence-corrected chi connectivity index (χ4v) is 6.96. The number of pyridine rings is 1.